The largest absolute Gasteiger partial charge is 0.243 e. The predicted molar refractivity (Wildman–Crippen MR) is 107 cm³/mol. The lowest BCUT2D eigenvalue weighted by atomic mass is 10.0. The van der Waals surface area contributed by atoms with Crippen molar-refractivity contribution in [3.8, 4) is 0 Å². The molecule has 1 saturated heterocycles. The molecule has 0 bridgehead atoms. The Morgan fingerprint density at radius 3 is 2.43 bits per heavy atom. The second-order valence-corrected chi connectivity index (χ2v) is 11.5. The van der Waals surface area contributed by atoms with Crippen molar-refractivity contribution < 1.29 is 21.2 Å². The third-order valence-corrected chi connectivity index (χ3v) is 7.85. The molecule has 1 heterocycles. The van der Waals surface area contributed by atoms with Gasteiger partial charge in [0.1, 0.15) is 5.82 Å². The molecule has 1 aliphatic heterocycles. The van der Waals surface area contributed by atoms with Gasteiger partial charge in [0, 0.05) is 23.9 Å². The zero-order valence-corrected chi connectivity index (χ0v) is 17.7. The van der Waals surface area contributed by atoms with Crippen LogP contribution in [0.5, 0.6) is 0 Å². The van der Waals surface area contributed by atoms with E-state index in [9.17, 15) is 21.2 Å². The highest BCUT2D eigenvalue weighted by atomic mass is 35.5. The lowest BCUT2D eigenvalue weighted by molar-refractivity contribution is 0.385. The molecule has 0 saturated carbocycles. The number of sulfone groups is 1. The standard InChI is InChI=1S/C19H21ClFNO4S2/c1-27(23,24)13-15-6-7-16(20)12-19(15)28(25,26)22-10-2-3-18(22)11-14-4-8-17(21)9-5-14/h4-9,12,18H,2-3,10-11,13H2,1H3. The quantitative estimate of drug-likeness (QED) is 0.683. The van der Waals surface area contributed by atoms with E-state index in [1.54, 1.807) is 12.1 Å². The first-order chi connectivity index (χ1) is 13.1. The van der Waals surface area contributed by atoms with Gasteiger partial charge in [-0.3, -0.25) is 0 Å². The van der Waals surface area contributed by atoms with E-state index in [0.717, 1.165) is 11.8 Å². The van der Waals surface area contributed by atoms with E-state index >= 15 is 0 Å². The molecule has 0 aromatic heterocycles. The highest BCUT2D eigenvalue weighted by molar-refractivity contribution is 7.90. The zero-order chi connectivity index (χ0) is 20.5. The monoisotopic (exact) mass is 445 g/mol. The van der Waals surface area contributed by atoms with E-state index in [-0.39, 0.29) is 33.1 Å². The molecule has 28 heavy (non-hydrogen) atoms. The number of halogens is 2. The van der Waals surface area contributed by atoms with Crippen molar-refractivity contribution in [2.75, 3.05) is 12.8 Å². The minimum atomic E-state index is -3.93. The average Bonchev–Trinajstić information content (AvgIpc) is 3.06. The molecular formula is C19H21ClFNO4S2. The number of hydrogen-bond acceptors (Lipinski definition) is 4. The fourth-order valence-electron chi connectivity index (χ4n) is 3.52. The van der Waals surface area contributed by atoms with Crippen molar-refractivity contribution in [3.63, 3.8) is 0 Å². The third-order valence-electron chi connectivity index (χ3n) is 4.74. The molecule has 152 valence electrons. The number of nitrogens with zero attached hydrogens (tertiary/aromatic N) is 1. The Morgan fingerprint density at radius 2 is 1.79 bits per heavy atom. The molecule has 3 rings (SSSR count). The second kappa shape index (κ2) is 8.10. The van der Waals surface area contributed by atoms with Crippen molar-refractivity contribution in [2.24, 2.45) is 0 Å². The third kappa shape index (κ3) is 4.92. The Bertz CT molecular complexity index is 1070. The minimum absolute atomic E-state index is 0.0727. The van der Waals surface area contributed by atoms with Crippen LogP contribution >= 0.6 is 11.6 Å². The molecule has 5 nitrogen and oxygen atoms in total. The van der Waals surface area contributed by atoms with Crippen molar-refractivity contribution in [2.45, 2.75) is 36.0 Å². The number of rotatable bonds is 6. The van der Waals surface area contributed by atoms with E-state index in [2.05, 4.69) is 0 Å². The van der Waals surface area contributed by atoms with Crippen LogP contribution in [-0.4, -0.2) is 40.0 Å². The van der Waals surface area contributed by atoms with Crippen molar-refractivity contribution in [1.82, 2.24) is 4.31 Å². The lowest BCUT2D eigenvalue weighted by Gasteiger charge is -2.25. The van der Waals surface area contributed by atoms with Crippen molar-refractivity contribution >= 4 is 31.5 Å². The molecule has 0 radical (unpaired) electrons. The molecule has 2 aromatic carbocycles. The van der Waals surface area contributed by atoms with Crippen LogP contribution in [-0.2, 0) is 32.0 Å². The molecular weight excluding hydrogens is 425 g/mol. The van der Waals surface area contributed by atoms with E-state index in [0.29, 0.717) is 25.8 Å². The Kier molecular flexibility index (Phi) is 6.14. The van der Waals surface area contributed by atoms with Crippen LogP contribution in [0, 0.1) is 5.82 Å². The maximum atomic E-state index is 13.4. The summed E-state index contributed by atoms with van der Waals surface area (Å²) in [7, 11) is -7.36. The summed E-state index contributed by atoms with van der Waals surface area (Å²) < 4.78 is 64.8. The first kappa shape index (κ1) is 21.2. The van der Waals surface area contributed by atoms with Gasteiger partial charge in [-0.05, 0) is 54.7 Å². The molecule has 0 N–H and O–H groups in total. The number of hydrogen-bond donors (Lipinski definition) is 0. The second-order valence-electron chi connectivity index (χ2n) is 7.06. The first-order valence-corrected chi connectivity index (χ1v) is 12.7. The van der Waals surface area contributed by atoms with Gasteiger partial charge >= 0.3 is 0 Å². The van der Waals surface area contributed by atoms with Gasteiger partial charge in [0.2, 0.25) is 10.0 Å². The fourth-order valence-corrected chi connectivity index (χ4v) is 6.61. The molecule has 1 aliphatic rings. The van der Waals surface area contributed by atoms with Gasteiger partial charge in [0.25, 0.3) is 0 Å². The fraction of sp³-hybridized carbons (Fsp3) is 0.368. The van der Waals surface area contributed by atoms with Crippen LogP contribution in [0.4, 0.5) is 4.39 Å². The molecule has 2 aromatic rings. The Hall–Kier alpha value is -1.48. The van der Waals surface area contributed by atoms with E-state index in [1.165, 1.54) is 34.6 Å². The normalized spacial score (nSPS) is 18.5. The first-order valence-electron chi connectivity index (χ1n) is 8.79. The number of benzene rings is 2. The molecule has 9 heteroatoms. The maximum absolute atomic E-state index is 13.4. The minimum Gasteiger partial charge on any atom is -0.229 e. The van der Waals surface area contributed by atoms with E-state index in [1.807, 2.05) is 0 Å². The van der Waals surface area contributed by atoms with Crippen LogP contribution in [0.15, 0.2) is 47.4 Å². The summed E-state index contributed by atoms with van der Waals surface area (Å²) >= 11 is 6.01. The van der Waals surface area contributed by atoms with Gasteiger partial charge in [0.05, 0.1) is 10.6 Å². The van der Waals surface area contributed by atoms with Crippen molar-refractivity contribution in [3.05, 3.63) is 64.4 Å². The average molecular weight is 446 g/mol. The Labute approximate surface area is 170 Å². The van der Waals surface area contributed by atoms with Gasteiger partial charge < -0.3 is 0 Å². The molecule has 0 amide bonds. The number of sulfonamides is 1. The van der Waals surface area contributed by atoms with Gasteiger partial charge in [-0.2, -0.15) is 4.31 Å². The van der Waals surface area contributed by atoms with Crippen molar-refractivity contribution in [1.29, 1.82) is 0 Å². The summed E-state index contributed by atoms with van der Waals surface area (Å²) in [6.45, 7) is 0.346. The topological polar surface area (TPSA) is 71.5 Å². The summed E-state index contributed by atoms with van der Waals surface area (Å²) in [6, 6.07) is 9.96. The Balaban J connectivity index is 1.95. The molecule has 1 unspecified atom stereocenters. The summed E-state index contributed by atoms with van der Waals surface area (Å²) in [4.78, 5) is -0.0727. The van der Waals surface area contributed by atoms with Crippen LogP contribution in [0.1, 0.15) is 24.0 Å². The van der Waals surface area contributed by atoms with Crippen LogP contribution in [0.25, 0.3) is 0 Å². The summed E-state index contributed by atoms with van der Waals surface area (Å²) in [5.74, 6) is -0.723. The van der Waals surface area contributed by atoms with Crippen LogP contribution < -0.4 is 0 Å². The molecule has 1 atom stereocenters. The van der Waals surface area contributed by atoms with Gasteiger partial charge in [-0.15, -0.1) is 0 Å². The van der Waals surface area contributed by atoms with E-state index in [4.69, 9.17) is 11.6 Å². The summed E-state index contributed by atoms with van der Waals surface area (Å²) in [5.41, 5.74) is 1.05. The van der Waals surface area contributed by atoms with Crippen LogP contribution in [0.2, 0.25) is 5.02 Å². The van der Waals surface area contributed by atoms with Gasteiger partial charge in [-0.25, -0.2) is 21.2 Å². The lowest BCUT2D eigenvalue weighted by Crippen LogP contribution is -2.37. The highest BCUT2D eigenvalue weighted by Gasteiger charge is 2.36. The summed E-state index contributed by atoms with van der Waals surface area (Å²) in [5, 5.41) is 0.227. The van der Waals surface area contributed by atoms with Gasteiger partial charge in [-0.1, -0.05) is 29.8 Å². The zero-order valence-electron chi connectivity index (χ0n) is 15.3. The maximum Gasteiger partial charge on any atom is 0.243 e. The smallest absolute Gasteiger partial charge is 0.229 e. The molecule has 0 spiro atoms. The van der Waals surface area contributed by atoms with Gasteiger partial charge in [0.15, 0.2) is 9.84 Å². The predicted octanol–water partition coefficient (Wildman–Crippen LogP) is 3.42. The highest BCUT2D eigenvalue weighted by Crippen LogP contribution is 2.32. The molecule has 1 fully saturated rings. The van der Waals surface area contributed by atoms with Crippen LogP contribution in [0.3, 0.4) is 0 Å². The molecule has 0 aliphatic carbocycles. The SMILES string of the molecule is CS(=O)(=O)Cc1ccc(Cl)cc1S(=O)(=O)N1CCCC1Cc1ccc(F)cc1. The Morgan fingerprint density at radius 1 is 1.11 bits per heavy atom. The summed E-state index contributed by atoms with van der Waals surface area (Å²) in [6.07, 6.45) is 2.90. The van der Waals surface area contributed by atoms with E-state index < -0.39 is 19.9 Å².